The van der Waals surface area contributed by atoms with Gasteiger partial charge in [-0.25, -0.2) is 8.42 Å². The second-order valence-corrected chi connectivity index (χ2v) is 7.44. The van der Waals surface area contributed by atoms with E-state index in [0.717, 1.165) is 13.8 Å². The van der Waals surface area contributed by atoms with E-state index in [9.17, 15) is 33.0 Å². The Bertz CT molecular complexity index is 640. The van der Waals surface area contributed by atoms with E-state index in [0.29, 0.717) is 11.0 Å². The molecule has 0 aromatic heterocycles. The molecule has 2 aliphatic rings. The standard InChI is InChI=1S/C10H11NO7S.2Na/c1-10(2)6(9(15)16)11-7(14)4(3-5(12)13)8(11)19(10,17)18;;/h3,6,8H,1-2H3,(H,12,13)(H,15,16);;/q;2*+1/p-2/b4-3-;;/t6-,8+;;/m0../s1. The number of fused-ring (bicyclic) bond motifs is 1. The zero-order chi connectivity index (χ0) is 14.7. The maximum absolute atomic E-state index is 12.2. The SMILES string of the molecule is CC1(C)[C@H](C(=O)[O-])N2C(=O)/C(=C/C(=O)[O-])[C@H]2S1(=O)=O.[Na+].[Na+]. The number of carboxylic acids is 2. The fraction of sp³-hybridized carbons (Fsp3) is 0.500. The molecule has 11 heteroatoms. The van der Waals surface area contributed by atoms with Gasteiger partial charge in [0.05, 0.1) is 28.3 Å². The first-order valence-electron chi connectivity index (χ1n) is 5.23. The number of aliphatic carboxylic acids is 2. The summed E-state index contributed by atoms with van der Waals surface area (Å²) in [7, 11) is -4.06. The van der Waals surface area contributed by atoms with Gasteiger partial charge in [0.15, 0.2) is 15.2 Å². The number of nitrogens with zero attached hydrogens (tertiary/aromatic N) is 1. The van der Waals surface area contributed by atoms with Crippen molar-refractivity contribution >= 4 is 27.7 Å². The van der Waals surface area contributed by atoms with Gasteiger partial charge in [0, 0.05) is 0 Å². The van der Waals surface area contributed by atoms with Gasteiger partial charge in [-0.2, -0.15) is 0 Å². The van der Waals surface area contributed by atoms with Gasteiger partial charge in [0.25, 0.3) is 5.91 Å². The zero-order valence-corrected chi connectivity index (χ0v) is 16.8. The molecule has 2 atom stereocenters. The van der Waals surface area contributed by atoms with Crippen molar-refractivity contribution in [3.05, 3.63) is 11.6 Å². The number of carbonyl (C=O) groups is 3. The average molecular weight is 333 g/mol. The number of sulfone groups is 1. The summed E-state index contributed by atoms with van der Waals surface area (Å²) in [5.74, 6) is -4.36. The molecule has 2 saturated heterocycles. The van der Waals surface area contributed by atoms with Crippen LogP contribution in [0.5, 0.6) is 0 Å². The first-order chi connectivity index (χ1) is 8.53. The topological polar surface area (TPSA) is 135 Å². The van der Waals surface area contributed by atoms with Crippen molar-refractivity contribution in [3.8, 4) is 0 Å². The van der Waals surface area contributed by atoms with Gasteiger partial charge in [0.1, 0.15) is 0 Å². The van der Waals surface area contributed by atoms with Gasteiger partial charge in [-0.3, -0.25) is 4.79 Å². The molecule has 2 aliphatic heterocycles. The normalized spacial score (nSPS) is 29.7. The fourth-order valence-electron chi connectivity index (χ4n) is 2.45. The van der Waals surface area contributed by atoms with Crippen LogP contribution in [0.1, 0.15) is 13.8 Å². The number of hydrogen-bond acceptors (Lipinski definition) is 7. The van der Waals surface area contributed by atoms with Crippen molar-refractivity contribution in [3.63, 3.8) is 0 Å². The minimum atomic E-state index is -4.06. The van der Waals surface area contributed by atoms with E-state index < -0.39 is 49.4 Å². The van der Waals surface area contributed by atoms with Crippen molar-refractivity contribution in [2.45, 2.75) is 30.0 Å². The molecule has 0 unspecified atom stereocenters. The molecule has 104 valence electrons. The molecule has 2 rings (SSSR count). The van der Waals surface area contributed by atoms with Crippen LogP contribution in [0.3, 0.4) is 0 Å². The Hall–Kier alpha value is 0.100. The second kappa shape index (κ2) is 6.31. The molecule has 0 aliphatic carbocycles. The summed E-state index contributed by atoms with van der Waals surface area (Å²) in [5, 5.41) is 19.9. The smallest absolute Gasteiger partial charge is 0.548 e. The summed E-state index contributed by atoms with van der Waals surface area (Å²) in [6, 6.07) is -1.64. The molecule has 2 heterocycles. The minimum absolute atomic E-state index is 0. The molecule has 21 heavy (non-hydrogen) atoms. The van der Waals surface area contributed by atoms with Gasteiger partial charge >= 0.3 is 59.1 Å². The van der Waals surface area contributed by atoms with Crippen molar-refractivity contribution in [1.29, 1.82) is 0 Å². The Morgan fingerprint density at radius 3 is 2.10 bits per heavy atom. The summed E-state index contributed by atoms with van der Waals surface area (Å²) in [6.45, 7) is 2.32. The van der Waals surface area contributed by atoms with Crippen molar-refractivity contribution in [2.75, 3.05) is 0 Å². The summed E-state index contributed by atoms with van der Waals surface area (Å²) < 4.78 is 22.6. The third-order valence-electron chi connectivity index (χ3n) is 3.46. The monoisotopic (exact) mass is 333 g/mol. The Morgan fingerprint density at radius 1 is 1.24 bits per heavy atom. The number of carboxylic acid groups (broad SMARTS) is 2. The summed E-state index contributed by atoms with van der Waals surface area (Å²) in [4.78, 5) is 33.8. The van der Waals surface area contributed by atoms with Crippen LogP contribution in [-0.4, -0.2) is 47.3 Å². The maximum Gasteiger partial charge on any atom is 1.00 e. The fourth-order valence-corrected chi connectivity index (χ4v) is 4.57. The van der Waals surface area contributed by atoms with Crippen LogP contribution >= 0.6 is 0 Å². The minimum Gasteiger partial charge on any atom is -0.548 e. The van der Waals surface area contributed by atoms with Gasteiger partial charge in [-0.05, 0) is 19.9 Å². The van der Waals surface area contributed by atoms with Crippen LogP contribution in [-0.2, 0) is 24.2 Å². The molecule has 0 N–H and O–H groups in total. The predicted octanol–water partition coefficient (Wildman–Crippen LogP) is -9.84. The van der Waals surface area contributed by atoms with Crippen LogP contribution in [0.25, 0.3) is 0 Å². The van der Waals surface area contributed by atoms with E-state index in [4.69, 9.17) is 0 Å². The van der Waals surface area contributed by atoms with Crippen molar-refractivity contribution in [2.24, 2.45) is 0 Å². The number of β-lactam (4-membered cyclic amide) rings is 1. The number of hydrogen-bond donors (Lipinski definition) is 0. The second-order valence-electron chi connectivity index (χ2n) is 4.85. The molecule has 8 nitrogen and oxygen atoms in total. The van der Waals surface area contributed by atoms with Crippen LogP contribution in [0.15, 0.2) is 11.6 Å². The van der Waals surface area contributed by atoms with Crippen LogP contribution in [0.4, 0.5) is 0 Å². The Kier molecular flexibility index (Phi) is 6.34. The number of carbonyl (C=O) groups excluding carboxylic acids is 3. The molecule has 0 saturated carbocycles. The third kappa shape index (κ3) is 2.73. The Labute approximate surface area is 165 Å². The van der Waals surface area contributed by atoms with E-state index in [1.165, 1.54) is 0 Å². The first kappa shape index (κ1) is 21.1. The van der Waals surface area contributed by atoms with Crippen LogP contribution in [0.2, 0.25) is 0 Å². The Morgan fingerprint density at radius 2 is 1.71 bits per heavy atom. The average Bonchev–Trinajstić information content (AvgIpc) is 2.38. The summed E-state index contributed by atoms with van der Waals surface area (Å²) in [6.07, 6.45) is 0.384. The molecule has 1 amide bonds. The molecular formula is C10H9NNa2O7S. The molecule has 0 radical (unpaired) electrons. The van der Waals surface area contributed by atoms with Crippen molar-refractivity contribution < 1.29 is 92.1 Å². The molecular weight excluding hydrogens is 324 g/mol. The predicted molar refractivity (Wildman–Crippen MR) is 55.5 cm³/mol. The largest absolute Gasteiger partial charge is 1.00 e. The first-order valence-corrected chi connectivity index (χ1v) is 6.77. The van der Waals surface area contributed by atoms with E-state index in [1.807, 2.05) is 0 Å². The van der Waals surface area contributed by atoms with E-state index in [1.54, 1.807) is 0 Å². The van der Waals surface area contributed by atoms with Crippen LogP contribution < -0.4 is 69.3 Å². The molecule has 0 spiro atoms. The van der Waals surface area contributed by atoms with E-state index in [2.05, 4.69) is 0 Å². The van der Waals surface area contributed by atoms with Gasteiger partial charge in [-0.15, -0.1) is 0 Å². The number of rotatable bonds is 2. The van der Waals surface area contributed by atoms with Gasteiger partial charge in [-0.1, -0.05) is 0 Å². The third-order valence-corrected chi connectivity index (χ3v) is 6.22. The Balaban J connectivity index is 0.00000200. The van der Waals surface area contributed by atoms with Gasteiger partial charge in [0.2, 0.25) is 0 Å². The summed E-state index contributed by atoms with van der Waals surface area (Å²) in [5.41, 5.74) is -0.489. The zero-order valence-electron chi connectivity index (χ0n) is 11.9. The quantitative estimate of drug-likeness (QED) is 0.278. The summed E-state index contributed by atoms with van der Waals surface area (Å²) >= 11 is 0. The molecule has 0 aromatic rings. The van der Waals surface area contributed by atoms with E-state index >= 15 is 0 Å². The molecule has 2 fully saturated rings. The van der Waals surface area contributed by atoms with Crippen LogP contribution in [0, 0.1) is 0 Å². The number of amides is 1. The van der Waals surface area contributed by atoms with E-state index in [-0.39, 0.29) is 59.1 Å². The molecule has 0 bridgehead atoms. The molecule has 0 aromatic carbocycles. The van der Waals surface area contributed by atoms with Gasteiger partial charge < -0.3 is 24.7 Å². The van der Waals surface area contributed by atoms with Crippen molar-refractivity contribution in [1.82, 2.24) is 4.90 Å². The maximum atomic E-state index is 12.2.